The van der Waals surface area contributed by atoms with E-state index in [2.05, 4.69) is 0 Å². The summed E-state index contributed by atoms with van der Waals surface area (Å²) in [5, 5.41) is 0. The lowest BCUT2D eigenvalue weighted by Gasteiger charge is -2.14. The van der Waals surface area contributed by atoms with Crippen molar-refractivity contribution in [1.82, 2.24) is 14.0 Å². The van der Waals surface area contributed by atoms with Crippen LogP contribution >= 0.6 is 0 Å². The van der Waals surface area contributed by atoms with Crippen LogP contribution in [0.4, 0.5) is 4.39 Å². The predicted molar refractivity (Wildman–Crippen MR) is 100 cm³/mol. The average molecular weight is 371 g/mol. The van der Waals surface area contributed by atoms with Crippen molar-refractivity contribution in [3.05, 3.63) is 54.1 Å². The third-order valence-electron chi connectivity index (χ3n) is 4.21. The maximum Gasteiger partial charge on any atom is 0.355 e. The van der Waals surface area contributed by atoms with Crippen LogP contribution in [0, 0.1) is 5.82 Å². The third-order valence-corrected chi connectivity index (χ3v) is 4.21. The van der Waals surface area contributed by atoms with Crippen molar-refractivity contribution < 1.29 is 18.7 Å². The summed E-state index contributed by atoms with van der Waals surface area (Å²) in [7, 11) is 3.33. The monoisotopic (exact) mass is 371 g/mol. The zero-order valence-corrected chi connectivity index (χ0v) is 15.8. The van der Waals surface area contributed by atoms with Crippen molar-refractivity contribution in [3.8, 4) is 5.69 Å². The Morgan fingerprint density at radius 3 is 2.37 bits per heavy atom. The van der Waals surface area contributed by atoms with Gasteiger partial charge in [0.05, 0.1) is 17.1 Å². The highest BCUT2D eigenvalue weighted by Gasteiger charge is 2.22. The summed E-state index contributed by atoms with van der Waals surface area (Å²) in [5.74, 6) is -0.948. The number of aromatic nitrogens is 2. The quantitative estimate of drug-likeness (QED) is 0.647. The Morgan fingerprint density at radius 2 is 1.78 bits per heavy atom. The SMILES string of the molecule is CC(C)OC(=O)c1cc2c(ccn2-c2ccc(F)cc2)n1CC(=O)N(C)C. The first-order chi connectivity index (χ1) is 12.8. The van der Waals surface area contributed by atoms with Gasteiger partial charge in [-0.05, 0) is 50.2 Å². The number of carbonyl (C=O) groups is 2. The number of hydrogen-bond donors (Lipinski definition) is 0. The summed E-state index contributed by atoms with van der Waals surface area (Å²) in [4.78, 5) is 26.3. The van der Waals surface area contributed by atoms with Crippen LogP contribution < -0.4 is 0 Å². The van der Waals surface area contributed by atoms with Gasteiger partial charge in [0.1, 0.15) is 18.1 Å². The second-order valence-electron chi connectivity index (χ2n) is 6.79. The van der Waals surface area contributed by atoms with Crippen LogP contribution in [0.5, 0.6) is 0 Å². The first kappa shape index (κ1) is 18.7. The van der Waals surface area contributed by atoms with Gasteiger partial charge < -0.3 is 18.8 Å². The van der Waals surface area contributed by atoms with E-state index in [0.29, 0.717) is 5.69 Å². The van der Waals surface area contributed by atoms with E-state index in [-0.39, 0.29) is 24.4 Å². The molecular formula is C20H22FN3O3. The van der Waals surface area contributed by atoms with Crippen molar-refractivity contribution in [2.45, 2.75) is 26.5 Å². The summed E-state index contributed by atoms with van der Waals surface area (Å²) in [5.41, 5.74) is 2.53. The minimum absolute atomic E-state index is 0.0203. The summed E-state index contributed by atoms with van der Waals surface area (Å²) in [6.45, 7) is 3.57. The van der Waals surface area contributed by atoms with E-state index in [1.807, 2.05) is 16.8 Å². The molecule has 0 saturated heterocycles. The molecule has 27 heavy (non-hydrogen) atoms. The summed E-state index contributed by atoms with van der Waals surface area (Å²) < 4.78 is 22.1. The molecule has 3 rings (SSSR count). The van der Waals surface area contributed by atoms with Gasteiger partial charge in [-0.15, -0.1) is 0 Å². The lowest BCUT2D eigenvalue weighted by Crippen LogP contribution is -2.28. The first-order valence-corrected chi connectivity index (χ1v) is 8.65. The number of nitrogens with zero attached hydrogens (tertiary/aromatic N) is 3. The molecule has 0 saturated carbocycles. The second kappa shape index (κ2) is 7.26. The number of halogens is 1. The molecule has 3 aromatic rings. The topological polar surface area (TPSA) is 56.5 Å². The number of amides is 1. The van der Waals surface area contributed by atoms with Crippen LogP contribution in [-0.4, -0.2) is 46.1 Å². The number of fused-ring (bicyclic) bond motifs is 1. The Hall–Kier alpha value is -3.09. The van der Waals surface area contributed by atoms with Crippen LogP contribution in [0.15, 0.2) is 42.6 Å². The van der Waals surface area contributed by atoms with Crippen LogP contribution in [0.3, 0.4) is 0 Å². The summed E-state index contributed by atoms with van der Waals surface area (Å²) >= 11 is 0. The lowest BCUT2D eigenvalue weighted by atomic mass is 10.3. The molecule has 2 aromatic heterocycles. The fraction of sp³-hybridized carbons (Fsp3) is 0.300. The Morgan fingerprint density at radius 1 is 1.11 bits per heavy atom. The highest BCUT2D eigenvalue weighted by molar-refractivity contribution is 5.96. The van der Waals surface area contributed by atoms with E-state index in [4.69, 9.17) is 4.74 Å². The fourth-order valence-electron chi connectivity index (χ4n) is 2.86. The van der Waals surface area contributed by atoms with Gasteiger partial charge in [0.2, 0.25) is 5.91 Å². The Bertz CT molecular complexity index is 984. The van der Waals surface area contributed by atoms with Crippen LogP contribution in [-0.2, 0) is 16.1 Å². The number of carbonyl (C=O) groups excluding carboxylic acids is 2. The van der Waals surface area contributed by atoms with Gasteiger partial charge in [0, 0.05) is 26.0 Å². The Kier molecular flexibility index (Phi) is 5.03. The maximum absolute atomic E-state index is 13.2. The van der Waals surface area contributed by atoms with Crippen molar-refractivity contribution in [2.24, 2.45) is 0 Å². The molecule has 6 nitrogen and oxygen atoms in total. The summed E-state index contributed by atoms with van der Waals surface area (Å²) in [6.07, 6.45) is 1.55. The molecule has 0 radical (unpaired) electrons. The Labute approximate surface area is 156 Å². The number of likely N-dealkylation sites (N-methyl/N-ethyl adjacent to an activating group) is 1. The molecule has 0 spiro atoms. The number of esters is 1. The van der Waals surface area contributed by atoms with Gasteiger partial charge in [-0.25, -0.2) is 9.18 Å². The molecular weight excluding hydrogens is 349 g/mol. The lowest BCUT2D eigenvalue weighted by molar-refractivity contribution is -0.129. The van der Waals surface area contributed by atoms with E-state index in [1.54, 1.807) is 50.7 Å². The molecule has 0 aliphatic rings. The smallest absolute Gasteiger partial charge is 0.355 e. The minimum Gasteiger partial charge on any atom is -0.458 e. The van der Waals surface area contributed by atoms with E-state index >= 15 is 0 Å². The average Bonchev–Trinajstić information content (AvgIpc) is 3.15. The van der Waals surface area contributed by atoms with Gasteiger partial charge in [-0.2, -0.15) is 0 Å². The van der Waals surface area contributed by atoms with Crippen LogP contribution in [0.2, 0.25) is 0 Å². The van der Waals surface area contributed by atoms with E-state index in [1.165, 1.54) is 17.0 Å². The maximum atomic E-state index is 13.2. The predicted octanol–water partition coefficient (Wildman–Crippen LogP) is 3.22. The fourth-order valence-corrected chi connectivity index (χ4v) is 2.86. The molecule has 0 aliphatic heterocycles. The zero-order chi connectivity index (χ0) is 19.7. The minimum atomic E-state index is -0.488. The second-order valence-corrected chi connectivity index (χ2v) is 6.79. The van der Waals surface area contributed by atoms with Gasteiger partial charge in [0.15, 0.2) is 0 Å². The molecule has 142 valence electrons. The molecule has 0 aliphatic carbocycles. The van der Waals surface area contributed by atoms with E-state index in [0.717, 1.165) is 16.7 Å². The normalized spacial score (nSPS) is 11.2. The van der Waals surface area contributed by atoms with Crippen molar-refractivity contribution in [3.63, 3.8) is 0 Å². The molecule has 1 amide bonds. The molecule has 0 unspecified atom stereocenters. The highest BCUT2D eigenvalue weighted by Crippen LogP contribution is 2.26. The standard InChI is InChI=1S/C20H22FN3O3/c1-13(2)27-20(26)18-11-17-16(24(18)12-19(25)22(3)4)9-10-23(17)15-7-5-14(21)6-8-15/h5-11,13H,12H2,1-4H3. The Balaban J connectivity index is 2.12. The van der Waals surface area contributed by atoms with E-state index < -0.39 is 5.97 Å². The van der Waals surface area contributed by atoms with Gasteiger partial charge in [-0.1, -0.05) is 0 Å². The zero-order valence-electron chi connectivity index (χ0n) is 15.8. The van der Waals surface area contributed by atoms with Gasteiger partial charge in [-0.3, -0.25) is 4.79 Å². The largest absolute Gasteiger partial charge is 0.458 e. The molecule has 2 heterocycles. The summed E-state index contributed by atoms with van der Waals surface area (Å²) in [6, 6.07) is 9.59. The third kappa shape index (κ3) is 3.72. The van der Waals surface area contributed by atoms with E-state index in [9.17, 15) is 14.0 Å². The van der Waals surface area contributed by atoms with Gasteiger partial charge >= 0.3 is 5.97 Å². The highest BCUT2D eigenvalue weighted by atomic mass is 19.1. The van der Waals surface area contributed by atoms with Crippen molar-refractivity contribution in [2.75, 3.05) is 14.1 Å². The van der Waals surface area contributed by atoms with Crippen LogP contribution in [0.25, 0.3) is 16.7 Å². The van der Waals surface area contributed by atoms with Crippen molar-refractivity contribution in [1.29, 1.82) is 0 Å². The molecule has 0 atom stereocenters. The van der Waals surface area contributed by atoms with Gasteiger partial charge in [0.25, 0.3) is 0 Å². The number of rotatable bonds is 5. The number of benzene rings is 1. The van der Waals surface area contributed by atoms with Crippen molar-refractivity contribution >= 4 is 22.9 Å². The van der Waals surface area contributed by atoms with Crippen LogP contribution in [0.1, 0.15) is 24.3 Å². The number of ether oxygens (including phenoxy) is 1. The molecule has 0 N–H and O–H groups in total. The molecule has 0 bridgehead atoms. The molecule has 1 aromatic carbocycles. The first-order valence-electron chi connectivity index (χ1n) is 8.65. The molecule has 7 heteroatoms. The number of hydrogen-bond acceptors (Lipinski definition) is 3. The molecule has 0 fully saturated rings.